The summed E-state index contributed by atoms with van der Waals surface area (Å²) < 4.78 is 0. The van der Waals surface area contributed by atoms with Crippen molar-refractivity contribution in [3.63, 3.8) is 0 Å². The van der Waals surface area contributed by atoms with Crippen molar-refractivity contribution in [1.29, 1.82) is 0 Å². The Labute approximate surface area is 73.1 Å². The third-order valence-corrected chi connectivity index (χ3v) is 1.85. The number of anilines is 1. The van der Waals surface area contributed by atoms with Crippen molar-refractivity contribution in [1.82, 2.24) is 4.98 Å². The number of nitrogen functional groups attached to an aromatic ring is 1. The lowest BCUT2D eigenvalue weighted by Gasteiger charge is -1.97. The predicted molar refractivity (Wildman–Crippen MR) is 47.1 cm³/mol. The molecule has 0 aliphatic heterocycles. The lowest BCUT2D eigenvalue weighted by Crippen LogP contribution is -1.95. The molecule has 1 rings (SSSR count). The summed E-state index contributed by atoms with van der Waals surface area (Å²) in [6.07, 6.45) is 1.78. The van der Waals surface area contributed by atoms with Crippen molar-refractivity contribution in [2.75, 3.05) is 12.0 Å². The fraction of sp³-hybridized carbons (Fsp3) is 0.167. The molecule has 1 heterocycles. The zero-order chi connectivity index (χ0) is 9.14. The highest BCUT2D eigenvalue weighted by Gasteiger charge is 2.08. The number of nitro groups is 1. The van der Waals surface area contributed by atoms with Gasteiger partial charge in [0.1, 0.15) is 10.8 Å². The Hall–Kier alpha value is -1.30. The monoisotopic (exact) mass is 185 g/mol. The Morgan fingerprint density at radius 2 is 2.33 bits per heavy atom. The van der Waals surface area contributed by atoms with Crippen LogP contribution in [-0.2, 0) is 0 Å². The number of hydrogen-bond acceptors (Lipinski definition) is 5. The Bertz CT molecular complexity index is 316. The van der Waals surface area contributed by atoms with E-state index in [-0.39, 0.29) is 11.5 Å². The maximum Gasteiger partial charge on any atom is 0.275 e. The van der Waals surface area contributed by atoms with Crippen LogP contribution in [0.25, 0.3) is 0 Å². The van der Waals surface area contributed by atoms with E-state index < -0.39 is 4.92 Å². The molecule has 0 unspecified atom stereocenters. The molecule has 0 aliphatic rings. The Morgan fingerprint density at radius 3 is 2.83 bits per heavy atom. The average molecular weight is 185 g/mol. The van der Waals surface area contributed by atoms with Gasteiger partial charge in [-0.25, -0.2) is 4.98 Å². The fourth-order valence-electron chi connectivity index (χ4n) is 0.721. The molecule has 0 spiro atoms. The third-order valence-electron chi connectivity index (χ3n) is 1.23. The molecule has 0 amide bonds. The van der Waals surface area contributed by atoms with Crippen LogP contribution in [0.3, 0.4) is 0 Å². The molecule has 6 heteroatoms. The van der Waals surface area contributed by atoms with Crippen LogP contribution in [0.4, 0.5) is 11.5 Å². The van der Waals surface area contributed by atoms with Crippen molar-refractivity contribution in [3.05, 3.63) is 22.2 Å². The van der Waals surface area contributed by atoms with Crippen molar-refractivity contribution in [3.8, 4) is 0 Å². The predicted octanol–water partition coefficient (Wildman–Crippen LogP) is 1.29. The second-order valence-electron chi connectivity index (χ2n) is 2.05. The molecule has 0 radical (unpaired) electrons. The molecule has 2 N–H and O–H groups in total. The average Bonchev–Trinajstić information content (AvgIpc) is 2.03. The molecule has 0 aromatic carbocycles. The summed E-state index contributed by atoms with van der Waals surface area (Å²) >= 11 is 1.32. The molecule has 1 aromatic rings. The van der Waals surface area contributed by atoms with Gasteiger partial charge in [0.15, 0.2) is 0 Å². The second-order valence-corrected chi connectivity index (χ2v) is 2.88. The zero-order valence-corrected chi connectivity index (χ0v) is 7.17. The lowest BCUT2D eigenvalue weighted by atomic mass is 10.4. The number of thioether (sulfide) groups is 1. The van der Waals surface area contributed by atoms with E-state index in [1.165, 1.54) is 23.9 Å². The SMILES string of the molecule is CSc1cc([N+](=O)[O-])cc(N)n1. The van der Waals surface area contributed by atoms with Gasteiger partial charge in [0.25, 0.3) is 5.69 Å². The summed E-state index contributed by atoms with van der Waals surface area (Å²) in [4.78, 5) is 13.7. The topological polar surface area (TPSA) is 82.0 Å². The Kier molecular flexibility index (Phi) is 2.49. The van der Waals surface area contributed by atoms with Gasteiger partial charge in [-0.1, -0.05) is 0 Å². The number of hydrogen-bond donors (Lipinski definition) is 1. The van der Waals surface area contributed by atoms with E-state index in [4.69, 9.17) is 5.73 Å². The minimum absolute atomic E-state index is 0.0214. The van der Waals surface area contributed by atoms with Crippen molar-refractivity contribution in [2.24, 2.45) is 0 Å². The summed E-state index contributed by atoms with van der Waals surface area (Å²) in [7, 11) is 0. The van der Waals surface area contributed by atoms with Gasteiger partial charge in [-0.15, -0.1) is 11.8 Å². The standard InChI is InChI=1S/C6H7N3O2S/c1-12-6-3-4(9(10)11)2-5(7)8-6/h2-3H,1H3,(H2,7,8). The van der Waals surface area contributed by atoms with Gasteiger partial charge in [-0.2, -0.15) is 0 Å². The molecule has 64 valence electrons. The van der Waals surface area contributed by atoms with Crippen LogP contribution in [0.15, 0.2) is 17.2 Å². The normalized spacial score (nSPS) is 9.75. The van der Waals surface area contributed by atoms with Gasteiger partial charge >= 0.3 is 0 Å². The number of pyridine rings is 1. The van der Waals surface area contributed by atoms with Crippen LogP contribution >= 0.6 is 11.8 Å². The number of nitrogens with zero attached hydrogens (tertiary/aromatic N) is 2. The van der Waals surface area contributed by atoms with Crippen LogP contribution in [0, 0.1) is 10.1 Å². The van der Waals surface area contributed by atoms with Crippen LogP contribution in [0.1, 0.15) is 0 Å². The highest BCUT2D eigenvalue weighted by molar-refractivity contribution is 7.98. The zero-order valence-electron chi connectivity index (χ0n) is 6.35. The molecular weight excluding hydrogens is 178 g/mol. The first-order chi connectivity index (χ1) is 5.63. The van der Waals surface area contributed by atoms with Gasteiger partial charge < -0.3 is 5.73 Å². The van der Waals surface area contributed by atoms with Crippen molar-refractivity contribution >= 4 is 23.3 Å². The van der Waals surface area contributed by atoms with E-state index in [2.05, 4.69) is 4.98 Å². The van der Waals surface area contributed by atoms with Gasteiger partial charge in [-0.3, -0.25) is 10.1 Å². The quantitative estimate of drug-likeness (QED) is 0.426. The molecule has 0 atom stereocenters. The molecule has 12 heavy (non-hydrogen) atoms. The van der Waals surface area contributed by atoms with E-state index in [0.717, 1.165) is 0 Å². The lowest BCUT2D eigenvalue weighted by molar-refractivity contribution is -0.385. The van der Waals surface area contributed by atoms with E-state index >= 15 is 0 Å². The smallest absolute Gasteiger partial charge is 0.275 e. The van der Waals surface area contributed by atoms with Gasteiger partial charge in [0, 0.05) is 6.07 Å². The van der Waals surface area contributed by atoms with Crippen LogP contribution in [-0.4, -0.2) is 16.2 Å². The van der Waals surface area contributed by atoms with E-state index in [0.29, 0.717) is 5.03 Å². The summed E-state index contributed by atoms with van der Waals surface area (Å²) in [5, 5.41) is 10.9. The van der Waals surface area contributed by atoms with Gasteiger partial charge in [-0.05, 0) is 6.26 Å². The highest BCUT2D eigenvalue weighted by atomic mass is 32.2. The minimum atomic E-state index is -0.488. The summed E-state index contributed by atoms with van der Waals surface area (Å²) in [6, 6.07) is 2.63. The van der Waals surface area contributed by atoms with Gasteiger partial charge in [0.2, 0.25) is 0 Å². The van der Waals surface area contributed by atoms with Gasteiger partial charge in [0.05, 0.1) is 11.0 Å². The summed E-state index contributed by atoms with van der Waals surface area (Å²) in [6.45, 7) is 0. The molecule has 5 nitrogen and oxygen atoms in total. The first-order valence-electron chi connectivity index (χ1n) is 3.09. The molecule has 1 aromatic heterocycles. The third kappa shape index (κ3) is 1.85. The molecule has 0 fully saturated rings. The molecule has 0 bridgehead atoms. The summed E-state index contributed by atoms with van der Waals surface area (Å²) in [5.41, 5.74) is 5.32. The van der Waals surface area contributed by atoms with Crippen LogP contribution < -0.4 is 5.73 Å². The Morgan fingerprint density at radius 1 is 1.67 bits per heavy atom. The van der Waals surface area contributed by atoms with Crippen LogP contribution in [0.5, 0.6) is 0 Å². The molecule has 0 aliphatic carbocycles. The Balaban J connectivity index is 3.15. The second kappa shape index (κ2) is 3.40. The van der Waals surface area contributed by atoms with Crippen molar-refractivity contribution < 1.29 is 4.92 Å². The number of aromatic nitrogens is 1. The number of rotatable bonds is 2. The molecule has 0 saturated heterocycles. The van der Waals surface area contributed by atoms with E-state index in [9.17, 15) is 10.1 Å². The summed E-state index contributed by atoms with van der Waals surface area (Å²) in [5.74, 6) is 0.175. The van der Waals surface area contributed by atoms with Crippen LogP contribution in [0.2, 0.25) is 0 Å². The first kappa shape index (κ1) is 8.79. The van der Waals surface area contributed by atoms with E-state index in [1.54, 1.807) is 6.26 Å². The maximum absolute atomic E-state index is 10.3. The maximum atomic E-state index is 10.3. The van der Waals surface area contributed by atoms with Crippen molar-refractivity contribution in [2.45, 2.75) is 5.03 Å². The molecular formula is C6H7N3O2S. The molecule has 0 saturated carbocycles. The number of nitrogens with two attached hydrogens (primary N) is 1. The largest absolute Gasteiger partial charge is 0.383 e. The van der Waals surface area contributed by atoms with E-state index in [1.807, 2.05) is 0 Å². The first-order valence-corrected chi connectivity index (χ1v) is 4.32. The fourth-order valence-corrected chi connectivity index (χ4v) is 1.16. The highest BCUT2D eigenvalue weighted by Crippen LogP contribution is 2.20. The minimum Gasteiger partial charge on any atom is -0.383 e.